The lowest BCUT2D eigenvalue weighted by Gasteiger charge is -2.12. The molecule has 0 spiro atoms. The second kappa shape index (κ2) is 13.3. The van der Waals surface area contributed by atoms with Crippen molar-refractivity contribution in [3.63, 3.8) is 0 Å². The lowest BCUT2D eigenvalue weighted by Crippen LogP contribution is -2.18. The highest BCUT2D eigenvalue weighted by atomic mass is 31.1. The van der Waals surface area contributed by atoms with E-state index >= 15 is 0 Å². The first-order valence-corrected chi connectivity index (χ1v) is 11.6. The van der Waals surface area contributed by atoms with Gasteiger partial charge in [-0.3, -0.25) is 14.2 Å². The summed E-state index contributed by atoms with van der Waals surface area (Å²) in [6.07, 6.45) is 3.00. The Kier molecular flexibility index (Phi) is 10.7. The van der Waals surface area contributed by atoms with Crippen molar-refractivity contribution in [1.82, 2.24) is 0 Å². The van der Waals surface area contributed by atoms with Crippen molar-refractivity contribution < 1.29 is 23.2 Å². The van der Waals surface area contributed by atoms with Crippen LogP contribution in [-0.4, -0.2) is 24.8 Å². The molecule has 0 bridgehead atoms. The molecule has 0 saturated heterocycles. The second-order valence-corrected chi connectivity index (χ2v) is 8.69. The molecule has 0 aliphatic rings. The van der Waals surface area contributed by atoms with Crippen LogP contribution in [0.5, 0.6) is 0 Å². The van der Waals surface area contributed by atoms with Gasteiger partial charge in [0.05, 0.1) is 0 Å². The van der Waals surface area contributed by atoms with E-state index in [0.29, 0.717) is 12.8 Å². The van der Waals surface area contributed by atoms with Gasteiger partial charge in [-0.15, -0.1) is 0 Å². The first kappa shape index (κ1) is 24.2. The average Bonchev–Trinajstić information content (AvgIpc) is 2.79. The third-order valence-corrected chi connectivity index (χ3v) is 5.94. The number of aryl methyl sites for hydroxylation is 2. The molecule has 0 fully saturated rings. The summed E-state index contributed by atoms with van der Waals surface area (Å²) < 4.78 is 22.0. The van der Waals surface area contributed by atoms with E-state index in [1.54, 1.807) is 0 Å². The van der Waals surface area contributed by atoms with Crippen LogP contribution in [0.2, 0.25) is 0 Å². The highest BCUT2D eigenvalue weighted by Gasteiger charge is 2.17. The fraction of sp³-hybridized carbons (Fsp3) is 0.417. The zero-order valence-corrected chi connectivity index (χ0v) is 18.7. The van der Waals surface area contributed by atoms with E-state index in [1.807, 2.05) is 74.5 Å². The molecule has 162 valence electrons. The van der Waals surface area contributed by atoms with Crippen LogP contribution >= 0.6 is 8.25 Å². The van der Waals surface area contributed by atoms with Crippen LogP contribution in [0.4, 0.5) is 0 Å². The van der Waals surface area contributed by atoms with Crippen LogP contribution < -0.4 is 0 Å². The molecule has 30 heavy (non-hydrogen) atoms. The monoisotopic (exact) mass is 430 g/mol. The summed E-state index contributed by atoms with van der Waals surface area (Å²) in [5.41, 5.74) is 2.35. The van der Waals surface area contributed by atoms with E-state index in [1.165, 1.54) is 11.1 Å². The molecule has 5 nitrogen and oxygen atoms in total. The summed E-state index contributed by atoms with van der Waals surface area (Å²) in [6, 6.07) is 19.9. The number of Topliss-reactive ketones (excluding diaryl/α,β-unsaturated/α-hetero) is 2. The molecular formula is C24H31O5P. The van der Waals surface area contributed by atoms with E-state index in [9.17, 15) is 14.2 Å². The second-order valence-electron chi connectivity index (χ2n) is 7.61. The van der Waals surface area contributed by atoms with Gasteiger partial charge in [0.15, 0.2) is 11.6 Å². The van der Waals surface area contributed by atoms with Gasteiger partial charge in [0.2, 0.25) is 0 Å². The predicted molar refractivity (Wildman–Crippen MR) is 119 cm³/mol. The number of ketones is 2. The Morgan fingerprint density at radius 3 is 1.47 bits per heavy atom. The number of carbonyl (C=O) groups is 2. The van der Waals surface area contributed by atoms with Gasteiger partial charge in [0.1, 0.15) is 13.2 Å². The standard InChI is InChI=1S/C24H31O5P/c1-19(13-15-21-9-5-3-6-10-21)23(25)17-28-30(27)29-18-24(26)20(2)14-16-22-11-7-4-8-12-22/h3-12,19-20,30H,13-18H2,1-2H3/t19-,20-/m0/s1. The van der Waals surface area contributed by atoms with Crippen LogP contribution in [0.1, 0.15) is 37.8 Å². The summed E-state index contributed by atoms with van der Waals surface area (Å²) in [6.45, 7) is 3.16. The zero-order chi connectivity index (χ0) is 21.8. The summed E-state index contributed by atoms with van der Waals surface area (Å²) in [4.78, 5) is 24.3. The molecular weight excluding hydrogens is 399 g/mol. The minimum absolute atomic E-state index is 0.115. The third kappa shape index (κ3) is 9.17. The molecule has 0 radical (unpaired) electrons. The van der Waals surface area contributed by atoms with Crippen LogP contribution in [0, 0.1) is 11.8 Å². The Labute approximate surface area is 179 Å². The Balaban J connectivity index is 1.61. The van der Waals surface area contributed by atoms with Gasteiger partial charge in [0.25, 0.3) is 0 Å². The minimum atomic E-state index is -2.87. The number of rotatable bonds is 14. The van der Waals surface area contributed by atoms with Crippen molar-refractivity contribution in [2.24, 2.45) is 11.8 Å². The summed E-state index contributed by atoms with van der Waals surface area (Å²) in [7, 11) is -2.87. The maximum Gasteiger partial charge on any atom is 0.319 e. The fourth-order valence-electron chi connectivity index (χ4n) is 2.96. The van der Waals surface area contributed by atoms with Crippen molar-refractivity contribution in [2.75, 3.05) is 13.2 Å². The molecule has 0 aliphatic carbocycles. The Morgan fingerprint density at radius 2 is 1.10 bits per heavy atom. The first-order valence-electron chi connectivity index (χ1n) is 10.4. The van der Waals surface area contributed by atoms with E-state index < -0.39 is 8.25 Å². The molecule has 2 aromatic rings. The fourth-order valence-corrected chi connectivity index (χ4v) is 3.57. The molecule has 0 aromatic heterocycles. The van der Waals surface area contributed by atoms with E-state index in [4.69, 9.17) is 9.05 Å². The predicted octanol–water partition coefficient (Wildman–Crippen LogP) is 5.09. The Bertz CT molecular complexity index is 739. The number of benzene rings is 2. The highest BCUT2D eigenvalue weighted by Crippen LogP contribution is 2.25. The maximum atomic E-state index is 12.2. The van der Waals surface area contributed by atoms with Crippen LogP contribution in [-0.2, 0) is 36.0 Å². The Hall–Kier alpha value is -2.07. The van der Waals surface area contributed by atoms with Crippen LogP contribution in [0.3, 0.4) is 0 Å². The summed E-state index contributed by atoms with van der Waals surface area (Å²) >= 11 is 0. The van der Waals surface area contributed by atoms with E-state index in [0.717, 1.165) is 12.8 Å². The number of hydrogen-bond acceptors (Lipinski definition) is 5. The molecule has 0 amide bonds. The minimum Gasteiger partial charge on any atom is -0.303 e. The van der Waals surface area contributed by atoms with Gasteiger partial charge in [-0.25, -0.2) is 0 Å². The normalized spacial score (nSPS) is 13.2. The van der Waals surface area contributed by atoms with Gasteiger partial charge < -0.3 is 9.05 Å². The molecule has 0 aliphatic heterocycles. The molecule has 0 heterocycles. The van der Waals surface area contributed by atoms with Crippen molar-refractivity contribution in [2.45, 2.75) is 39.5 Å². The Morgan fingerprint density at radius 1 is 0.733 bits per heavy atom. The van der Waals surface area contributed by atoms with Gasteiger partial charge in [-0.1, -0.05) is 74.5 Å². The molecule has 2 rings (SSSR count). The van der Waals surface area contributed by atoms with E-state index in [-0.39, 0.29) is 36.6 Å². The van der Waals surface area contributed by atoms with Gasteiger partial charge in [0, 0.05) is 11.8 Å². The lowest BCUT2D eigenvalue weighted by molar-refractivity contribution is -0.125. The quantitative estimate of drug-likeness (QED) is 0.391. The smallest absolute Gasteiger partial charge is 0.303 e. The highest BCUT2D eigenvalue weighted by molar-refractivity contribution is 7.33. The van der Waals surface area contributed by atoms with Crippen molar-refractivity contribution in [3.8, 4) is 0 Å². The number of carbonyl (C=O) groups excluding carboxylic acids is 2. The molecule has 0 unspecified atom stereocenters. The van der Waals surface area contributed by atoms with Crippen molar-refractivity contribution >= 4 is 19.8 Å². The molecule has 2 atom stereocenters. The summed E-state index contributed by atoms with van der Waals surface area (Å²) in [5.74, 6) is -0.620. The van der Waals surface area contributed by atoms with Crippen LogP contribution in [0.15, 0.2) is 60.7 Å². The molecule has 0 N–H and O–H groups in total. The largest absolute Gasteiger partial charge is 0.319 e. The van der Waals surface area contributed by atoms with Crippen LogP contribution in [0.25, 0.3) is 0 Å². The van der Waals surface area contributed by atoms with Gasteiger partial charge in [-0.2, -0.15) is 0 Å². The average molecular weight is 430 g/mol. The maximum absolute atomic E-state index is 12.2. The number of hydrogen-bond donors (Lipinski definition) is 0. The molecule has 2 aromatic carbocycles. The summed E-state index contributed by atoms with van der Waals surface area (Å²) in [5, 5.41) is 0. The van der Waals surface area contributed by atoms with Gasteiger partial charge in [-0.05, 0) is 36.8 Å². The van der Waals surface area contributed by atoms with E-state index in [2.05, 4.69) is 0 Å². The SMILES string of the molecule is C[C@@H](CCc1ccccc1)C(=O)CO[PH](=O)OCC(=O)[C@@H](C)CCc1ccccc1. The van der Waals surface area contributed by atoms with Crippen molar-refractivity contribution in [3.05, 3.63) is 71.8 Å². The zero-order valence-electron chi connectivity index (χ0n) is 17.7. The first-order chi connectivity index (χ1) is 14.5. The third-order valence-electron chi connectivity index (χ3n) is 5.18. The molecule has 0 saturated carbocycles. The molecule has 6 heteroatoms. The van der Waals surface area contributed by atoms with Crippen molar-refractivity contribution in [1.29, 1.82) is 0 Å². The lowest BCUT2D eigenvalue weighted by atomic mass is 9.98. The van der Waals surface area contributed by atoms with Gasteiger partial charge >= 0.3 is 8.25 Å². The topological polar surface area (TPSA) is 69.7 Å².